The lowest BCUT2D eigenvalue weighted by atomic mass is 10.2. The maximum atomic E-state index is 12.2. The molecule has 2 aromatic carbocycles. The van der Waals surface area contributed by atoms with Crippen LogP contribution in [0.4, 0.5) is 11.4 Å². The number of hydrogen-bond acceptors (Lipinski definition) is 4. The Morgan fingerprint density at radius 2 is 1.92 bits per heavy atom. The molecule has 1 N–H and O–H groups in total. The number of carbonyl (C=O) groups is 1. The smallest absolute Gasteiger partial charge is 0.245 e. The summed E-state index contributed by atoms with van der Waals surface area (Å²) in [4.78, 5) is 12.2. The Bertz CT molecular complexity index is 890. The Labute approximate surface area is 145 Å². The van der Waals surface area contributed by atoms with Gasteiger partial charge in [0.05, 0.1) is 23.6 Å². The first-order valence-corrected chi connectivity index (χ1v) is 9.05. The molecular formula is C16H14ClN3O3S. The van der Waals surface area contributed by atoms with Crippen LogP contribution in [-0.2, 0) is 14.8 Å². The number of hydrogen-bond donors (Lipinski definition) is 1. The van der Waals surface area contributed by atoms with Gasteiger partial charge in [-0.15, -0.1) is 0 Å². The minimum Gasteiger partial charge on any atom is -0.325 e. The number of anilines is 2. The highest BCUT2D eigenvalue weighted by molar-refractivity contribution is 7.92. The van der Waals surface area contributed by atoms with Crippen LogP contribution in [0.1, 0.15) is 5.56 Å². The van der Waals surface area contributed by atoms with Gasteiger partial charge in [-0.3, -0.25) is 9.10 Å². The van der Waals surface area contributed by atoms with E-state index >= 15 is 0 Å². The van der Waals surface area contributed by atoms with Gasteiger partial charge in [0.2, 0.25) is 15.9 Å². The van der Waals surface area contributed by atoms with Crippen molar-refractivity contribution in [3.8, 4) is 6.07 Å². The van der Waals surface area contributed by atoms with Gasteiger partial charge in [0.25, 0.3) is 0 Å². The number of amides is 1. The first-order chi connectivity index (χ1) is 11.3. The minimum absolute atomic E-state index is 0.253. The molecule has 24 heavy (non-hydrogen) atoms. The van der Waals surface area contributed by atoms with E-state index in [1.807, 2.05) is 6.07 Å². The van der Waals surface area contributed by atoms with Crippen LogP contribution in [0.5, 0.6) is 0 Å². The molecular weight excluding hydrogens is 350 g/mol. The Kier molecular flexibility index (Phi) is 5.44. The Morgan fingerprint density at radius 1 is 1.25 bits per heavy atom. The van der Waals surface area contributed by atoms with Crippen LogP contribution < -0.4 is 9.62 Å². The summed E-state index contributed by atoms with van der Waals surface area (Å²) in [7, 11) is -3.70. The number of sulfonamides is 1. The molecule has 0 saturated heterocycles. The van der Waals surface area contributed by atoms with Crippen molar-refractivity contribution in [2.45, 2.75) is 0 Å². The summed E-state index contributed by atoms with van der Waals surface area (Å²) in [5.41, 5.74) is 1.06. The topological polar surface area (TPSA) is 90.3 Å². The zero-order chi connectivity index (χ0) is 17.7. The molecule has 0 heterocycles. The van der Waals surface area contributed by atoms with Crippen molar-refractivity contribution in [1.29, 1.82) is 5.26 Å². The number of benzene rings is 2. The molecule has 0 fully saturated rings. The van der Waals surface area contributed by atoms with Gasteiger partial charge in [-0.2, -0.15) is 5.26 Å². The molecule has 0 atom stereocenters. The van der Waals surface area contributed by atoms with Gasteiger partial charge >= 0.3 is 0 Å². The summed E-state index contributed by atoms with van der Waals surface area (Å²) in [6.07, 6.45) is 1.00. The van der Waals surface area contributed by atoms with Crippen molar-refractivity contribution < 1.29 is 13.2 Å². The third kappa shape index (κ3) is 4.72. The normalized spacial score (nSPS) is 10.7. The molecule has 0 aliphatic heterocycles. The molecule has 2 rings (SSSR count). The number of nitriles is 1. The zero-order valence-electron chi connectivity index (χ0n) is 12.7. The monoisotopic (exact) mass is 363 g/mol. The van der Waals surface area contributed by atoms with E-state index in [2.05, 4.69) is 5.32 Å². The Morgan fingerprint density at radius 3 is 2.50 bits per heavy atom. The van der Waals surface area contributed by atoms with Crippen LogP contribution in [0.15, 0.2) is 48.5 Å². The van der Waals surface area contributed by atoms with Crippen molar-refractivity contribution in [3.63, 3.8) is 0 Å². The number of nitrogens with zero attached hydrogens (tertiary/aromatic N) is 2. The molecule has 8 heteroatoms. The van der Waals surface area contributed by atoms with Gasteiger partial charge in [-0.05, 0) is 42.5 Å². The maximum absolute atomic E-state index is 12.2. The predicted molar refractivity (Wildman–Crippen MR) is 93.4 cm³/mol. The highest BCUT2D eigenvalue weighted by Crippen LogP contribution is 2.19. The van der Waals surface area contributed by atoms with Crippen molar-refractivity contribution in [3.05, 3.63) is 59.1 Å². The van der Waals surface area contributed by atoms with E-state index in [1.165, 1.54) is 12.1 Å². The van der Waals surface area contributed by atoms with E-state index in [1.54, 1.807) is 36.4 Å². The summed E-state index contributed by atoms with van der Waals surface area (Å²) in [6, 6.07) is 14.4. The molecule has 124 valence electrons. The first-order valence-electron chi connectivity index (χ1n) is 6.83. The summed E-state index contributed by atoms with van der Waals surface area (Å²) in [5, 5.41) is 12.1. The second kappa shape index (κ2) is 7.34. The molecule has 0 radical (unpaired) electrons. The Balaban J connectivity index is 2.22. The van der Waals surface area contributed by atoms with Gasteiger partial charge in [0.15, 0.2) is 0 Å². The van der Waals surface area contributed by atoms with E-state index in [0.29, 0.717) is 16.3 Å². The van der Waals surface area contributed by atoms with E-state index in [0.717, 1.165) is 10.6 Å². The minimum atomic E-state index is -3.70. The van der Waals surface area contributed by atoms with E-state index in [4.69, 9.17) is 16.9 Å². The molecule has 0 spiro atoms. The van der Waals surface area contributed by atoms with Crippen LogP contribution in [0.3, 0.4) is 0 Å². The fourth-order valence-electron chi connectivity index (χ4n) is 1.99. The van der Waals surface area contributed by atoms with E-state index in [-0.39, 0.29) is 5.69 Å². The fraction of sp³-hybridized carbons (Fsp3) is 0.125. The largest absolute Gasteiger partial charge is 0.325 e. The van der Waals surface area contributed by atoms with Gasteiger partial charge in [0, 0.05) is 10.7 Å². The van der Waals surface area contributed by atoms with Crippen LogP contribution >= 0.6 is 11.6 Å². The third-order valence-electron chi connectivity index (χ3n) is 3.08. The van der Waals surface area contributed by atoms with Crippen LogP contribution in [0.2, 0.25) is 5.02 Å². The average molecular weight is 364 g/mol. The lowest BCUT2D eigenvalue weighted by molar-refractivity contribution is -0.114. The van der Waals surface area contributed by atoms with Crippen molar-refractivity contribution in [2.75, 3.05) is 22.4 Å². The lowest BCUT2D eigenvalue weighted by Gasteiger charge is -2.22. The lowest BCUT2D eigenvalue weighted by Crippen LogP contribution is -2.37. The molecule has 1 amide bonds. The molecule has 0 unspecified atom stereocenters. The molecule has 0 saturated carbocycles. The van der Waals surface area contributed by atoms with Gasteiger partial charge in [0.1, 0.15) is 6.54 Å². The van der Waals surface area contributed by atoms with Crippen molar-refractivity contribution in [2.24, 2.45) is 0 Å². The highest BCUT2D eigenvalue weighted by atomic mass is 35.5. The van der Waals surface area contributed by atoms with Crippen LogP contribution in [0.25, 0.3) is 0 Å². The summed E-state index contributed by atoms with van der Waals surface area (Å²) >= 11 is 5.77. The zero-order valence-corrected chi connectivity index (χ0v) is 14.3. The van der Waals surface area contributed by atoms with E-state index < -0.39 is 22.5 Å². The molecule has 0 bridgehead atoms. The fourth-order valence-corrected chi connectivity index (χ4v) is 2.97. The predicted octanol–water partition coefficient (Wildman–Crippen LogP) is 2.62. The van der Waals surface area contributed by atoms with Gasteiger partial charge in [-0.1, -0.05) is 17.7 Å². The molecule has 2 aromatic rings. The molecule has 0 aliphatic carbocycles. The number of nitrogens with one attached hydrogen (secondary N) is 1. The van der Waals surface area contributed by atoms with Gasteiger partial charge < -0.3 is 5.32 Å². The number of halogens is 1. The molecule has 0 aliphatic rings. The van der Waals surface area contributed by atoms with Crippen LogP contribution in [-0.4, -0.2) is 27.1 Å². The molecule has 0 aromatic heterocycles. The highest BCUT2D eigenvalue weighted by Gasteiger charge is 2.21. The number of carbonyl (C=O) groups excluding carboxylic acids is 1. The van der Waals surface area contributed by atoms with Gasteiger partial charge in [-0.25, -0.2) is 8.42 Å². The average Bonchev–Trinajstić information content (AvgIpc) is 2.54. The first kappa shape index (κ1) is 17.8. The Hall–Kier alpha value is -2.56. The van der Waals surface area contributed by atoms with Crippen molar-refractivity contribution in [1.82, 2.24) is 0 Å². The second-order valence-corrected chi connectivity index (χ2v) is 7.33. The standard InChI is InChI=1S/C16H14ClN3O3S/c1-24(22,23)20(15-4-2-3-12(9-15)10-18)11-16(21)19-14-7-5-13(17)6-8-14/h2-9H,11H2,1H3,(H,19,21). The SMILES string of the molecule is CS(=O)(=O)N(CC(=O)Nc1ccc(Cl)cc1)c1cccc(C#N)c1. The third-order valence-corrected chi connectivity index (χ3v) is 4.47. The quantitative estimate of drug-likeness (QED) is 0.884. The summed E-state index contributed by atoms with van der Waals surface area (Å²) in [5.74, 6) is -0.509. The van der Waals surface area contributed by atoms with E-state index in [9.17, 15) is 13.2 Å². The summed E-state index contributed by atoms with van der Waals surface area (Å²) in [6.45, 7) is -0.406. The maximum Gasteiger partial charge on any atom is 0.245 e. The van der Waals surface area contributed by atoms with Crippen molar-refractivity contribution >= 4 is 38.9 Å². The number of rotatable bonds is 5. The second-order valence-electron chi connectivity index (χ2n) is 4.99. The molecule has 6 nitrogen and oxygen atoms in total. The van der Waals surface area contributed by atoms with Crippen LogP contribution in [0, 0.1) is 11.3 Å². The summed E-state index contributed by atoms with van der Waals surface area (Å²) < 4.78 is 25.0.